The molecule has 3 rings (SSSR count). The number of likely N-dealkylation sites (tertiary alicyclic amines) is 1. The molecule has 0 aliphatic carbocycles. The van der Waals surface area contributed by atoms with Gasteiger partial charge in [0.25, 0.3) is 0 Å². The number of thiazole rings is 1. The molecule has 25 heavy (non-hydrogen) atoms. The summed E-state index contributed by atoms with van der Waals surface area (Å²) in [7, 11) is 0. The van der Waals surface area contributed by atoms with E-state index in [2.05, 4.69) is 4.98 Å². The molecule has 1 aromatic carbocycles. The van der Waals surface area contributed by atoms with E-state index < -0.39 is 12.0 Å². The van der Waals surface area contributed by atoms with Crippen LogP contribution in [0.5, 0.6) is 5.75 Å². The van der Waals surface area contributed by atoms with E-state index in [4.69, 9.17) is 21.4 Å². The predicted octanol–water partition coefficient (Wildman–Crippen LogP) is 2.99. The average molecular weight is 381 g/mol. The van der Waals surface area contributed by atoms with Gasteiger partial charge in [0.2, 0.25) is 5.91 Å². The first-order chi connectivity index (χ1) is 12.0. The lowest BCUT2D eigenvalue weighted by Gasteiger charge is -2.20. The summed E-state index contributed by atoms with van der Waals surface area (Å²) >= 11 is 7.24. The molecule has 0 bridgehead atoms. The highest BCUT2D eigenvalue weighted by molar-refractivity contribution is 7.09. The molecule has 6 nitrogen and oxygen atoms in total. The number of aromatic nitrogens is 1. The Labute approximate surface area is 154 Å². The van der Waals surface area contributed by atoms with Gasteiger partial charge in [-0.05, 0) is 37.1 Å². The topological polar surface area (TPSA) is 79.7 Å². The molecule has 2 heterocycles. The molecule has 1 amide bonds. The van der Waals surface area contributed by atoms with E-state index in [0.717, 1.165) is 11.4 Å². The summed E-state index contributed by atoms with van der Waals surface area (Å²) in [6.07, 6.45) is 1.35. The second kappa shape index (κ2) is 7.84. The fraction of sp³-hybridized carbons (Fsp3) is 0.353. The third-order valence-corrected chi connectivity index (χ3v) is 5.09. The number of nitrogens with zero attached hydrogens (tertiary/aromatic N) is 2. The second-order valence-corrected chi connectivity index (χ2v) is 7.11. The quantitative estimate of drug-likeness (QED) is 0.833. The van der Waals surface area contributed by atoms with Crippen molar-refractivity contribution in [3.63, 3.8) is 0 Å². The van der Waals surface area contributed by atoms with Crippen molar-refractivity contribution in [1.29, 1.82) is 0 Å². The van der Waals surface area contributed by atoms with Crippen LogP contribution >= 0.6 is 22.9 Å². The Kier molecular flexibility index (Phi) is 5.55. The van der Waals surface area contributed by atoms with Gasteiger partial charge in [-0.1, -0.05) is 11.6 Å². The second-order valence-electron chi connectivity index (χ2n) is 5.74. The Balaban J connectivity index is 1.55. The minimum Gasteiger partial charge on any atom is -0.486 e. The molecule has 8 heteroatoms. The molecule has 1 N–H and O–H groups in total. The maximum Gasteiger partial charge on any atom is 0.326 e. The van der Waals surface area contributed by atoms with Crippen LogP contribution in [-0.4, -0.2) is 39.5 Å². The van der Waals surface area contributed by atoms with E-state index in [0.29, 0.717) is 36.0 Å². The molecule has 1 aliphatic rings. The Morgan fingerprint density at radius 3 is 2.84 bits per heavy atom. The van der Waals surface area contributed by atoms with Crippen LogP contribution in [0.4, 0.5) is 0 Å². The maximum atomic E-state index is 12.3. The number of carbonyl (C=O) groups is 2. The summed E-state index contributed by atoms with van der Waals surface area (Å²) in [6.45, 7) is 0.800. The zero-order valence-electron chi connectivity index (χ0n) is 13.4. The summed E-state index contributed by atoms with van der Waals surface area (Å²) < 4.78 is 5.63. The zero-order chi connectivity index (χ0) is 17.8. The first kappa shape index (κ1) is 17.7. The predicted molar refractivity (Wildman–Crippen MR) is 94.0 cm³/mol. The van der Waals surface area contributed by atoms with E-state index in [1.165, 1.54) is 16.2 Å². The van der Waals surface area contributed by atoms with Crippen LogP contribution in [-0.2, 0) is 22.6 Å². The third kappa shape index (κ3) is 4.49. The van der Waals surface area contributed by atoms with E-state index >= 15 is 0 Å². The summed E-state index contributed by atoms with van der Waals surface area (Å²) in [6, 6.07) is 6.34. The number of benzene rings is 1. The van der Waals surface area contributed by atoms with Crippen molar-refractivity contribution >= 4 is 34.8 Å². The Hall–Kier alpha value is -2.12. The van der Waals surface area contributed by atoms with E-state index in [1.54, 1.807) is 24.3 Å². The van der Waals surface area contributed by atoms with Crippen LogP contribution in [0.3, 0.4) is 0 Å². The van der Waals surface area contributed by atoms with Gasteiger partial charge in [0, 0.05) is 16.9 Å². The summed E-state index contributed by atoms with van der Waals surface area (Å²) in [4.78, 5) is 29.3. The fourth-order valence-corrected chi connectivity index (χ4v) is 3.58. The van der Waals surface area contributed by atoms with Crippen LogP contribution in [0.25, 0.3) is 0 Å². The zero-order valence-corrected chi connectivity index (χ0v) is 14.9. The van der Waals surface area contributed by atoms with Crippen LogP contribution in [0.15, 0.2) is 29.6 Å². The molecule has 2 aromatic rings. The van der Waals surface area contributed by atoms with Crippen molar-refractivity contribution in [2.45, 2.75) is 31.9 Å². The first-order valence-electron chi connectivity index (χ1n) is 7.87. The molecule has 1 aromatic heterocycles. The van der Waals surface area contributed by atoms with Gasteiger partial charge in [-0.25, -0.2) is 9.78 Å². The van der Waals surface area contributed by atoms with Crippen molar-refractivity contribution in [3.05, 3.63) is 45.4 Å². The van der Waals surface area contributed by atoms with Crippen LogP contribution in [0.2, 0.25) is 5.02 Å². The number of carboxylic acid groups (broad SMARTS) is 1. The third-order valence-electron chi connectivity index (χ3n) is 3.97. The van der Waals surface area contributed by atoms with Crippen LogP contribution < -0.4 is 4.74 Å². The highest BCUT2D eigenvalue weighted by Crippen LogP contribution is 2.21. The molecule has 0 radical (unpaired) electrons. The lowest BCUT2D eigenvalue weighted by atomic mass is 10.2. The van der Waals surface area contributed by atoms with E-state index in [9.17, 15) is 9.59 Å². The largest absolute Gasteiger partial charge is 0.486 e. The summed E-state index contributed by atoms with van der Waals surface area (Å²) in [5.74, 6) is -0.444. The normalized spacial score (nSPS) is 16.8. The highest BCUT2D eigenvalue weighted by atomic mass is 35.5. The number of hydrogen-bond acceptors (Lipinski definition) is 5. The fourth-order valence-electron chi connectivity index (χ4n) is 2.75. The number of amides is 1. The van der Waals surface area contributed by atoms with Crippen molar-refractivity contribution in [2.75, 3.05) is 6.54 Å². The molecular weight excluding hydrogens is 364 g/mol. The Morgan fingerprint density at radius 2 is 2.12 bits per heavy atom. The smallest absolute Gasteiger partial charge is 0.326 e. The lowest BCUT2D eigenvalue weighted by molar-refractivity contribution is -0.148. The van der Waals surface area contributed by atoms with Crippen LogP contribution in [0, 0.1) is 0 Å². The number of halogens is 1. The molecule has 0 spiro atoms. The molecule has 0 saturated carbocycles. The first-order valence-corrected chi connectivity index (χ1v) is 9.12. The molecule has 0 unspecified atom stereocenters. The minimum absolute atomic E-state index is 0.112. The van der Waals surface area contributed by atoms with Gasteiger partial charge in [-0.3, -0.25) is 4.79 Å². The number of carbonyl (C=O) groups excluding carboxylic acids is 1. The SMILES string of the molecule is O=C(O)[C@@H]1CCCN1C(=O)Cc1csc(COc2ccc(Cl)cc2)n1. The van der Waals surface area contributed by atoms with E-state index in [1.807, 2.05) is 5.38 Å². The van der Waals surface area contributed by atoms with Gasteiger partial charge in [0.15, 0.2) is 0 Å². The summed E-state index contributed by atoms with van der Waals surface area (Å²) in [5.41, 5.74) is 0.640. The van der Waals surface area contributed by atoms with E-state index in [-0.39, 0.29) is 12.3 Å². The van der Waals surface area contributed by atoms with Crippen LogP contribution in [0.1, 0.15) is 23.5 Å². The molecule has 1 fully saturated rings. The van der Waals surface area contributed by atoms with Gasteiger partial charge < -0.3 is 14.7 Å². The minimum atomic E-state index is -0.943. The Morgan fingerprint density at radius 1 is 1.36 bits per heavy atom. The molecule has 1 aliphatic heterocycles. The number of rotatable bonds is 6. The van der Waals surface area contributed by atoms with Crippen molar-refractivity contribution in [3.8, 4) is 5.75 Å². The molecular formula is C17H17ClN2O4S. The maximum absolute atomic E-state index is 12.3. The Bertz CT molecular complexity index is 762. The molecule has 1 atom stereocenters. The average Bonchev–Trinajstić information content (AvgIpc) is 3.23. The van der Waals surface area contributed by atoms with Gasteiger partial charge >= 0.3 is 5.97 Å². The number of aliphatic carboxylic acids is 1. The van der Waals surface area contributed by atoms with Gasteiger partial charge in [0.05, 0.1) is 12.1 Å². The lowest BCUT2D eigenvalue weighted by Crippen LogP contribution is -2.41. The monoisotopic (exact) mass is 380 g/mol. The summed E-state index contributed by atoms with van der Waals surface area (Å²) in [5, 5.41) is 12.4. The number of hydrogen-bond donors (Lipinski definition) is 1. The standard InChI is InChI=1S/C17H17ClN2O4S/c18-11-3-5-13(6-4-11)24-9-15-19-12(10-25-15)8-16(21)20-7-1-2-14(20)17(22)23/h3-6,10,14H,1-2,7-9H2,(H,22,23)/t14-/m0/s1. The van der Waals surface area contributed by atoms with Gasteiger partial charge in [-0.2, -0.15) is 0 Å². The van der Waals surface area contributed by atoms with Crippen molar-refractivity contribution in [1.82, 2.24) is 9.88 Å². The van der Waals surface area contributed by atoms with Gasteiger partial charge in [0.1, 0.15) is 23.4 Å². The van der Waals surface area contributed by atoms with Crippen molar-refractivity contribution < 1.29 is 19.4 Å². The van der Waals surface area contributed by atoms with Crippen molar-refractivity contribution in [2.24, 2.45) is 0 Å². The van der Waals surface area contributed by atoms with Gasteiger partial charge in [-0.15, -0.1) is 11.3 Å². The highest BCUT2D eigenvalue weighted by Gasteiger charge is 2.33. The number of carboxylic acids is 1. The molecule has 132 valence electrons. The number of ether oxygens (including phenoxy) is 1. The molecule has 1 saturated heterocycles.